The highest BCUT2D eigenvalue weighted by molar-refractivity contribution is 5.98. The van der Waals surface area contributed by atoms with Gasteiger partial charge in [0.25, 0.3) is 0 Å². The molecule has 0 N–H and O–H groups in total. The summed E-state index contributed by atoms with van der Waals surface area (Å²) in [5.74, 6) is 2.82. The zero-order valence-corrected chi connectivity index (χ0v) is 31.5. The largest absolute Gasteiger partial charge is 0.485 e. The fraction of sp³-hybridized carbons (Fsp3) is 0.0377. The summed E-state index contributed by atoms with van der Waals surface area (Å²) < 4.78 is 6.84. The van der Waals surface area contributed by atoms with Crippen LogP contribution in [0.1, 0.15) is 17.8 Å². The van der Waals surface area contributed by atoms with Crippen LogP contribution in [0, 0.1) is 0 Å². The second kappa shape index (κ2) is 14.1. The lowest BCUT2D eigenvalue weighted by Gasteiger charge is -2.28. The molecule has 0 saturated carbocycles. The van der Waals surface area contributed by atoms with E-state index in [1.165, 1.54) is 11.1 Å². The third kappa shape index (κ3) is 5.92. The number of para-hydroxylation sites is 1. The van der Waals surface area contributed by atoms with Crippen molar-refractivity contribution < 1.29 is 4.74 Å². The summed E-state index contributed by atoms with van der Waals surface area (Å²) in [6.45, 7) is 0. The van der Waals surface area contributed by atoms with E-state index in [1.807, 2.05) is 0 Å². The van der Waals surface area contributed by atoms with Crippen LogP contribution in [0.3, 0.4) is 0 Å². The minimum Gasteiger partial charge on any atom is -0.485 e. The van der Waals surface area contributed by atoms with Gasteiger partial charge in [-0.25, -0.2) is 15.0 Å². The van der Waals surface area contributed by atoms with Gasteiger partial charge in [-0.2, -0.15) is 0 Å². The van der Waals surface area contributed by atoms with Crippen molar-refractivity contribution in [2.45, 2.75) is 12.5 Å². The fourth-order valence-electron chi connectivity index (χ4n) is 8.48. The van der Waals surface area contributed by atoms with Gasteiger partial charge in [0.15, 0.2) is 17.5 Å². The van der Waals surface area contributed by atoms with Crippen LogP contribution in [0.4, 0.5) is 17.1 Å². The highest BCUT2D eigenvalue weighted by Crippen LogP contribution is 2.50. The third-order valence-electron chi connectivity index (χ3n) is 11.3. The highest BCUT2D eigenvalue weighted by atomic mass is 16.5. The van der Waals surface area contributed by atoms with Gasteiger partial charge in [0, 0.05) is 45.6 Å². The van der Waals surface area contributed by atoms with E-state index in [9.17, 15) is 0 Å². The van der Waals surface area contributed by atoms with Gasteiger partial charge in [-0.15, -0.1) is 0 Å². The highest BCUT2D eigenvalue weighted by Gasteiger charge is 2.36. The summed E-state index contributed by atoms with van der Waals surface area (Å²) >= 11 is 0. The molecule has 0 saturated heterocycles. The molecular weight excluding hydrogens is 709 g/mol. The Hall–Kier alpha value is -7.63. The Bertz CT molecular complexity index is 2960. The Morgan fingerprint density at radius 2 is 0.983 bits per heavy atom. The van der Waals surface area contributed by atoms with Crippen LogP contribution < -0.4 is 9.64 Å². The molecule has 1 unspecified atom stereocenters. The van der Waals surface area contributed by atoms with E-state index in [4.69, 9.17) is 19.7 Å². The molecule has 1 aliphatic heterocycles. The van der Waals surface area contributed by atoms with Gasteiger partial charge in [-0.05, 0) is 69.1 Å². The minimum atomic E-state index is -0.201. The fourth-order valence-corrected chi connectivity index (χ4v) is 8.48. The van der Waals surface area contributed by atoms with Crippen molar-refractivity contribution in [3.63, 3.8) is 0 Å². The topological polar surface area (TPSA) is 51.1 Å². The maximum Gasteiger partial charge on any atom is 0.164 e. The van der Waals surface area contributed by atoms with E-state index in [2.05, 4.69) is 205 Å². The number of nitrogens with zero attached hydrogens (tertiary/aromatic N) is 4. The quantitative estimate of drug-likeness (QED) is 0.163. The Kier molecular flexibility index (Phi) is 8.21. The average molecular weight is 745 g/mol. The molecule has 0 spiro atoms. The maximum absolute atomic E-state index is 6.84. The van der Waals surface area contributed by atoms with Crippen molar-refractivity contribution in [3.05, 3.63) is 212 Å². The molecule has 58 heavy (non-hydrogen) atoms. The molecule has 0 radical (unpaired) electrons. The van der Waals surface area contributed by atoms with Crippen molar-refractivity contribution >= 4 is 49.8 Å². The maximum atomic E-state index is 6.84. The number of hydrogen-bond acceptors (Lipinski definition) is 5. The molecule has 0 bridgehead atoms. The molecule has 1 aromatic heterocycles. The first kappa shape index (κ1) is 33.7. The second-order valence-electron chi connectivity index (χ2n) is 14.7. The molecule has 2 aliphatic rings. The number of allylic oxidation sites excluding steroid dienone is 2. The van der Waals surface area contributed by atoms with Crippen LogP contribution >= 0.6 is 0 Å². The minimum absolute atomic E-state index is 0.201. The summed E-state index contributed by atoms with van der Waals surface area (Å²) in [6, 6.07) is 65.7. The summed E-state index contributed by atoms with van der Waals surface area (Å²) in [5.41, 5.74) is 10.8. The van der Waals surface area contributed by atoms with Crippen LogP contribution in [-0.4, -0.2) is 21.1 Å². The van der Waals surface area contributed by atoms with Gasteiger partial charge in [0.1, 0.15) is 11.9 Å². The average Bonchev–Trinajstić information content (AvgIpc) is 3.68. The molecule has 0 fully saturated rings. The number of ether oxygens (including phenoxy) is 1. The summed E-state index contributed by atoms with van der Waals surface area (Å²) in [5, 5.41) is 4.49. The third-order valence-corrected chi connectivity index (χ3v) is 11.3. The lowest BCUT2D eigenvalue weighted by molar-refractivity contribution is 0.281. The Balaban J connectivity index is 1.03. The van der Waals surface area contributed by atoms with Gasteiger partial charge in [0.2, 0.25) is 0 Å². The summed E-state index contributed by atoms with van der Waals surface area (Å²) in [7, 11) is 0. The van der Waals surface area contributed by atoms with Crippen LogP contribution in [-0.2, 0) is 0 Å². The zero-order valence-electron chi connectivity index (χ0n) is 31.5. The molecule has 1 aliphatic carbocycles. The molecular formula is C53H36N4O. The molecule has 1 atom stereocenters. The number of anilines is 3. The first-order valence-electron chi connectivity index (χ1n) is 19.7. The molecule has 5 nitrogen and oxygen atoms in total. The van der Waals surface area contributed by atoms with Crippen molar-refractivity contribution in [2.24, 2.45) is 0 Å². The molecule has 9 aromatic rings. The number of benzene rings is 8. The SMILES string of the molecule is C1=C(c2nc(-c3cccc4ccccc34)nc(-c3cccc4ccccc34)n2)CC2Oc3cccc(N(c4ccccc4)c4ccc(-c5ccccc5)cc4)c3C2=C1. The predicted octanol–water partition coefficient (Wildman–Crippen LogP) is 13.3. The molecule has 274 valence electrons. The second-order valence-corrected chi connectivity index (χ2v) is 14.7. The predicted molar refractivity (Wildman–Crippen MR) is 237 cm³/mol. The smallest absolute Gasteiger partial charge is 0.164 e. The summed E-state index contributed by atoms with van der Waals surface area (Å²) in [6.07, 6.45) is 4.80. The van der Waals surface area contributed by atoms with E-state index < -0.39 is 0 Å². The number of rotatable bonds is 7. The number of aromatic nitrogens is 3. The van der Waals surface area contributed by atoms with Crippen molar-refractivity contribution in [3.8, 4) is 39.7 Å². The Morgan fingerprint density at radius 1 is 0.448 bits per heavy atom. The Morgan fingerprint density at radius 3 is 1.66 bits per heavy atom. The molecule has 0 amide bonds. The Labute approximate surface area is 336 Å². The van der Waals surface area contributed by atoms with Gasteiger partial charge in [-0.1, -0.05) is 164 Å². The van der Waals surface area contributed by atoms with Crippen LogP contribution in [0.5, 0.6) is 5.75 Å². The van der Waals surface area contributed by atoms with Gasteiger partial charge in [0.05, 0.1) is 5.69 Å². The van der Waals surface area contributed by atoms with Crippen molar-refractivity contribution in [2.75, 3.05) is 4.90 Å². The lowest BCUT2D eigenvalue weighted by atomic mass is 9.90. The number of fused-ring (bicyclic) bond motifs is 5. The first-order chi connectivity index (χ1) is 28.7. The van der Waals surface area contributed by atoms with Crippen molar-refractivity contribution in [1.29, 1.82) is 0 Å². The zero-order chi connectivity index (χ0) is 38.4. The molecule has 2 heterocycles. The van der Waals surface area contributed by atoms with Crippen LogP contribution in [0.25, 0.3) is 66.6 Å². The van der Waals surface area contributed by atoms with Gasteiger partial charge in [-0.3, -0.25) is 0 Å². The molecule has 5 heteroatoms. The molecule has 8 aromatic carbocycles. The van der Waals surface area contributed by atoms with E-state index in [0.717, 1.165) is 72.2 Å². The van der Waals surface area contributed by atoms with E-state index >= 15 is 0 Å². The standard InChI is InChI=1S/C53H36N4O/c1-3-14-35(15-4-1)36-28-31-41(32-29-36)57(40-20-5-2-6-21-40)47-26-13-27-48-50(47)46-33-30-39(34-49(46)58-48)51-54-52(44-24-11-18-37-16-7-9-22-42(37)44)56-53(55-51)45-25-12-19-38-17-8-10-23-43(38)45/h1-33,49H,34H2. The van der Waals surface area contributed by atoms with Gasteiger partial charge < -0.3 is 9.64 Å². The van der Waals surface area contributed by atoms with Crippen molar-refractivity contribution in [1.82, 2.24) is 15.0 Å². The lowest BCUT2D eigenvalue weighted by Crippen LogP contribution is -2.17. The normalized spacial score (nSPS) is 14.3. The van der Waals surface area contributed by atoms with Crippen LogP contribution in [0.15, 0.2) is 200 Å². The van der Waals surface area contributed by atoms with Crippen LogP contribution in [0.2, 0.25) is 0 Å². The number of hydrogen-bond donors (Lipinski definition) is 0. The monoisotopic (exact) mass is 744 g/mol. The molecule has 11 rings (SSSR count). The van der Waals surface area contributed by atoms with E-state index in [0.29, 0.717) is 23.9 Å². The van der Waals surface area contributed by atoms with E-state index in [1.54, 1.807) is 0 Å². The first-order valence-corrected chi connectivity index (χ1v) is 19.7. The summed E-state index contributed by atoms with van der Waals surface area (Å²) in [4.78, 5) is 17.9. The van der Waals surface area contributed by atoms with Gasteiger partial charge >= 0.3 is 0 Å². The van der Waals surface area contributed by atoms with E-state index in [-0.39, 0.29) is 6.10 Å².